The van der Waals surface area contributed by atoms with Gasteiger partial charge in [0.15, 0.2) is 0 Å². The molecular weight excluding hydrogens is 244 g/mol. The van der Waals surface area contributed by atoms with Gasteiger partial charge in [-0.3, -0.25) is 0 Å². The van der Waals surface area contributed by atoms with E-state index in [0.29, 0.717) is 0 Å². The zero-order chi connectivity index (χ0) is 12.5. The van der Waals surface area contributed by atoms with Crippen LogP contribution in [0, 0.1) is 6.92 Å². The van der Waals surface area contributed by atoms with Crippen LogP contribution in [0.1, 0.15) is 41.4 Å². The quantitative estimate of drug-likeness (QED) is 0.900. The van der Waals surface area contributed by atoms with Gasteiger partial charge in [-0.25, -0.2) is 9.97 Å². The first-order chi connectivity index (χ1) is 8.72. The zero-order valence-corrected chi connectivity index (χ0v) is 11.6. The molecule has 0 spiro atoms. The van der Waals surface area contributed by atoms with Crippen LogP contribution >= 0.6 is 11.3 Å². The van der Waals surface area contributed by atoms with E-state index in [-0.39, 0.29) is 6.04 Å². The number of hydrogen-bond donors (Lipinski definition) is 1. The Morgan fingerprint density at radius 3 is 3.00 bits per heavy atom. The number of nitrogens with one attached hydrogen (secondary N) is 1. The molecule has 1 aliphatic rings. The largest absolute Gasteiger partial charge is 0.327 e. The molecule has 18 heavy (non-hydrogen) atoms. The lowest BCUT2D eigenvalue weighted by Gasteiger charge is -2.09. The van der Waals surface area contributed by atoms with E-state index in [2.05, 4.69) is 39.9 Å². The highest BCUT2D eigenvalue weighted by Crippen LogP contribution is 2.23. The fourth-order valence-electron chi connectivity index (χ4n) is 1.91. The highest BCUT2D eigenvalue weighted by atomic mass is 32.1. The molecule has 2 heterocycles. The smallest absolute Gasteiger partial charge is 0.115 e. The van der Waals surface area contributed by atoms with E-state index in [1.54, 1.807) is 11.3 Å². The van der Waals surface area contributed by atoms with E-state index in [4.69, 9.17) is 0 Å². The van der Waals surface area contributed by atoms with Crippen LogP contribution < -0.4 is 5.32 Å². The van der Waals surface area contributed by atoms with Gasteiger partial charge in [0.05, 0.1) is 18.1 Å². The number of rotatable bonds is 5. The van der Waals surface area contributed by atoms with E-state index in [9.17, 15) is 0 Å². The van der Waals surface area contributed by atoms with Crippen molar-refractivity contribution >= 4 is 11.3 Å². The number of thiazole rings is 1. The molecular formula is C13H18N4S. The highest BCUT2D eigenvalue weighted by molar-refractivity contribution is 7.11. The van der Waals surface area contributed by atoms with Crippen molar-refractivity contribution in [2.24, 2.45) is 0 Å². The van der Waals surface area contributed by atoms with E-state index in [1.165, 1.54) is 17.7 Å². The summed E-state index contributed by atoms with van der Waals surface area (Å²) in [6.45, 7) is 5.13. The Morgan fingerprint density at radius 1 is 1.50 bits per heavy atom. The maximum Gasteiger partial charge on any atom is 0.115 e. The van der Waals surface area contributed by atoms with Gasteiger partial charge < -0.3 is 9.88 Å². The zero-order valence-electron chi connectivity index (χ0n) is 10.8. The monoisotopic (exact) mass is 262 g/mol. The van der Waals surface area contributed by atoms with Gasteiger partial charge in [-0.15, -0.1) is 11.3 Å². The van der Waals surface area contributed by atoms with Crippen LogP contribution in [-0.2, 0) is 6.54 Å². The molecule has 1 saturated carbocycles. The second kappa shape index (κ2) is 4.82. The first-order valence-electron chi connectivity index (χ1n) is 6.40. The molecule has 1 aliphatic carbocycles. The summed E-state index contributed by atoms with van der Waals surface area (Å²) >= 11 is 1.75. The van der Waals surface area contributed by atoms with Gasteiger partial charge in [-0.2, -0.15) is 0 Å². The molecule has 0 radical (unpaired) electrons. The number of aryl methyl sites for hydroxylation is 1. The summed E-state index contributed by atoms with van der Waals surface area (Å²) in [5.74, 6) is 0. The van der Waals surface area contributed by atoms with Crippen molar-refractivity contribution < 1.29 is 0 Å². The van der Waals surface area contributed by atoms with Crippen LogP contribution in [0.4, 0.5) is 0 Å². The molecule has 0 amide bonds. The fraction of sp³-hybridized carbons (Fsp3) is 0.538. The average Bonchev–Trinajstić information content (AvgIpc) is 2.90. The second-order valence-corrected chi connectivity index (χ2v) is 6.22. The van der Waals surface area contributed by atoms with E-state index < -0.39 is 0 Å². The lowest BCUT2D eigenvalue weighted by atomic mass is 10.3. The maximum atomic E-state index is 4.45. The van der Waals surface area contributed by atoms with Gasteiger partial charge in [0.1, 0.15) is 5.01 Å². The van der Waals surface area contributed by atoms with Crippen molar-refractivity contribution in [3.63, 3.8) is 0 Å². The van der Waals surface area contributed by atoms with Crippen LogP contribution in [0.3, 0.4) is 0 Å². The summed E-state index contributed by atoms with van der Waals surface area (Å²) in [6.07, 6.45) is 8.59. The molecule has 2 aromatic heterocycles. The molecule has 5 heteroatoms. The topological polar surface area (TPSA) is 42.7 Å². The summed E-state index contributed by atoms with van der Waals surface area (Å²) in [5, 5.41) is 4.63. The minimum Gasteiger partial charge on any atom is -0.327 e. The lowest BCUT2D eigenvalue weighted by Crippen LogP contribution is -2.15. The van der Waals surface area contributed by atoms with Crippen molar-refractivity contribution in [2.45, 2.75) is 45.3 Å². The molecule has 96 valence electrons. The Kier molecular flexibility index (Phi) is 3.18. The molecule has 4 nitrogen and oxygen atoms in total. The third kappa shape index (κ3) is 2.62. The van der Waals surface area contributed by atoms with Crippen molar-refractivity contribution in [1.29, 1.82) is 0 Å². The van der Waals surface area contributed by atoms with Crippen molar-refractivity contribution in [3.8, 4) is 0 Å². The Balaban J connectivity index is 1.67. The standard InChI is InChI=1S/C13H18N4S/c1-9-5-15-13(18-9)10(2)17-7-12(16-8-17)6-14-11-3-4-11/h5,7-8,10-11,14H,3-4,6H2,1-2H3. The van der Waals surface area contributed by atoms with Crippen LogP contribution in [0.25, 0.3) is 0 Å². The van der Waals surface area contributed by atoms with E-state index >= 15 is 0 Å². The average molecular weight is 262 g/mol. The maximum absolute atomic E-state index is 4.45. The number of hydrogen-bond acceptors (Lipinski definition) is 4. The molecule has 1 unspecified atom stereocenters. The second-order valence-electron chi connectivity index (χ2n) is 4.95. The molecule has 1 atom stereocenters. The van der Waals surface area contributed by atoms with Gasteiger partial charge in [0.2, 0.25) is 0 Å². The fourth-order valence-corrected chi connectivity index (χ4v) is 2.74. The molecule has 2 aromatic rings. The van der Waals surface area contributed by atoms with Gasteiger partial charge in [-0.1, -0.05) is 0 Å². The predicted molar refractivity (Wildman–Crippen MR) is 72.8 cm³/mol. The molecule has 1 N–H and O–H groups in total. The number of nitrogens with zero attached hydrogens (tertiary/aromatic N) is 3. The highest BCUT2D eigenvalue weighted by Gasteiger charge is 2.20. The molecule has 1 fully saturated rings. The first kappa shape index (κ1) is 11.9. The normalized spacial score (nSPS) is 17.0. The third-order valence-electron chi connectivity index (χ3n) is 3.25. The van der Waals surface area contributed by atoms with Gasteiger partial charge in [0, 0.05) is 29.9 Å². The van der Waals surface area contributed by atoms with Crippen molar-refractivity contribution in [1.82, 2.24) is 19.9 Å². The number of imidazole rings is 1. The minimum atomic E-state index is 0.269. The van der Waals surface area contributed by atoms with E-state index in [0.717, 1.165) is 23.3 Å². The van der Waals surface area contributed by atoms with Crippen LogP contribution in [0.5, 0.6) is 0 Å². The Hall–Kier alpha value is -1.20. The molecule has 0 saturated heterocycles. The Morgan fingerprint density at radius 2 is 2.33 bits per heavy atom. The third-order valence-corrected chi connectivity index (χ3v) is 4.33. The Bertz CT molecular complexity index is 527. The minimum absolute atomic E-state index is 0.269. The van der Waals surface area contributed by atoms with Crippen LogP contribution in [-0.4, -0.2) is 20.6 Å². The molecule has 0 aliphatic heterocycles. The summed E-state index contributed by atoms with van der Waals surface area (Å²) < 4.78 is 2.14. The summed E-state index contributed by atoms with van der Waals surface area (Å²) in [4.78, 5) is 10.1. The van der Waals surface area contributed by atoms with Crippen molar-refractivity contribution in [3.05, 3.63) is 34.3 Å². The van der Waals surface area contributed by atoms with Crippen LogP contribution in [0.2, 0.25) is 0 Å². The summed E-state index contributed by atoms with van der Waals surface area (Å²) in [6, 6.07) is 1.00. The predicted octanol–water partition coefficient (Wildman–Crippen LogP) is 2.51. The molecule has 3 rings (SSSR count). The first-order valence-corrected chi connectivity index (χ1v) is 7.22. The molecule has 0 aromatic carbocycles. The SMILES string of the molecule is Cc1cnc(C(C)n2cnc(CNC3CC3)c2)s1. The van der Waals surface area contributed by atoms with Gasteiger partial charge in [0.25, 0.3) is 0 Å². The summed E-state index contributed by atoms with van der Waals surface area (Å²) in [5.41, 5.74) is 1.11. The van der Waals surface area contributed by atoms with E-state index in [1.807, 2.05) is 12.5 Å². The Labute approximate surface area is 111 Å². The van der Waals surface area contributed by atoms with Crippen molar-refractivity contribution in [2.75, 3.05) is 0 Å². The van der Waals surface area contributed by atoms with Gasteiger partial charge in [-0.05, 0) is 26.7 Å². The van der Waals surface area contributed by atoms with Gasteiger partial charge >= 0.3 is 0 Å². The lowest BCUT2D eigenvalue weighted by molar-refractivity contribution is 0.630. The molecule has 0 bridgehead atoms. The van der Waals surface area contributed by atoms with Crippen LogP contribution in [0.15, 0.2) is 18.7 Å². The summed E-state index contributed by atoms with van der Waals surface area (Å²) in [7, 11) is 0. The number of aromatic nitrogens is 3.